The molecule has 0 spiro atoms. The summed E-state index contributed by atoms with van der Waals surface area (Å²) in [6, 6.07) is 8.69. The highest BCUT2D eigenvalue weighted by atomic mass is 16.2. The molecule has 1 saturated heterocycles. The highest BCUT2D eigenvalue weighted by Gasteiger charge is 2.33. The third kappa shape index (κ3) is 9.37. The summed E-state index contributed by atoms with van der Waals surface area (Å²) in [4.78, 5) is 54.5. The molecule has 1 aliphatic heterocycles. The van der Waals surface area contributed by atoms with Gasteiger partial charge in [-0.05, 0) is 36.5 Å². The van der Waals surface area contributed by atoms with Crippen molar-refractivity contribution in [2.75, 3.05) is 33.7 Å². The fourth-order valence-electron chi connectivity index (χ4n) is 4.13. The van der Waals surface area contributed by atoms with Gasteiger partial charge < -0.3 is 20.4 Å². The van der Waals surface area contributed by atoms with E-state index in [2.05, 4.69) is 17.2 Å². The van der Waals surface area contributed by atoms with Crippen LogP contribution in [0.4, 0.5) is 0 Å². The van der Waals surface area contributed by atoms with Crippen LogP contribution >= 0.6 is 0 Å². The van der Waals surface area contributed by atoms with Gasteiger partial charge in [-0.25, -0.2) is 0 Å². The molecule has 200 valence electrons. The number of hydrogen-bond donors (Lipinski definition) is 2. The minimum absolute atomic E-state index is 0.0880. The van der Waals surface area contributed by atoms with Crippen LogP contribution in [-0.4, -0.2) is 73.1 Å². The first-order valence-corrected chi connectivity index (χ1v) is 12.8. The van der Waals surface area contributed by atoms with E-state index in [1.54, 1.807) is 37.0 Å². The Morgan fingerprint density at radius 3 is 2.32 bits per heavy atom. The first kappa shape index (κ1) is 29.5. The second-order valence-electron chi connectivity index (χ2n) is 9.73. The monoisotopic (exact) mass is 508 g/mol. The lowest BCUT2D eigenvalue weighted by molar-refractivity contribution is -0.141. The summed E-state index contributed by atoms with van der Waals surface area (Å²) in [7, 11) is 3.79. The van der Waals surface area contributed by atoms with E-state index < -0.39 is 17.7 Å². The van der Waals surface area contributed by atoms with Crippen molar-refractivity contribution >= 4 is 29.6 Å². The van der Waals surface area contributed by atoms with E-state index in [1.165, 1.54) is 0 Å². The number of carbonyl (C=O) groups is 4. The lowest BCUT2D eigenvalue weighted by atomic mass is 9.93. The van der Waals surface area contributed by atoms with Crippen LogP contribution in [0.25, 0.3) is 6.08 Å². The number of likely N-dealkylation sites (tertiary alicyclic amines) is 1. The molecule has 1 unspecified atom stereocenters. The van der Waals surface area contributed by atoms with Gasteiger partial charge in [-0.2, -0.15) is 0 Å². The molecule has 0 saturated carbocycles. The van der Waals surface area contributed by atoms with Crippen molar-refractivity contribution in [1.29, 1.82) is 0 Å². The average Bonchev–Trinajstić information content (AvgIpc) is 2.89. The number of nitrogens with zero attached hydrogens (tertiary/aromatic N) is 2. The SMILES string of the molecule is C=C/C=C(/CCNC(=O)C(=O)C(NC(=O)C1CCN(C(=O)/C=C/c2ccccc2)CC1)C(C)C)N(C)C. The van der Waals surface area contributed by atoms with Gasteiger partial charge in [-0.3, -0.25) is 19.2 Å². The Labute approximate surface area is 220 Å². The largest absolute Gasteiger partial charge is 0.381 e. The summed E-state index contributed by atoms with van der Waals surface area (Å²) in [5, 5.41) is 5.46. The van der Waals surface area contributed by atoms with Crippen molar-refractivity contribution in [3.63, 3.8) is 0 Å². The first-order chi connectivity index (χ1) is 17.6. The van der Waals surface area contributed by atoms with Gasteiger partial charge in [0, 0.05) is 57.8 Å². The highest BCUT2D eigenvalue weighted by molar-refractivity contribution is 6.38. The van der Waals surface area contributed by atoms with Crippen LogP contribution in [0.5, 0.6) is 0 Å². The summed E-state index contributed by atoms with van der Waals surface area (Å²) >= 11 is 0. The van der Waals surface area contributed by atoms with Gasteiger partial charge in [0.15, 0.2) is 0 Å². The first-order valence-electron chi connectivity index (χ1n) is 12.8. The Kier molecular flexibility index (Phi) is 11.8. The van der Waals surface area contributed by atoms with Crippen LogP contribution < -0.4 is 10.6 Å². The van der Waals surface area contributed by atoms with Crippen molar-refractivity contribution in [1.82, 2.24) is 20.4 Å². The summed E-state index contributed by atoms with van der Waals surface area (Å²) in [6.45, 7) is 8.51. The summed E-state index contributed by atoms with van der Waals surface area (Å²) in [6.07, 6.45) is 8.42. The predicted molar refractivity (Wildman–Crippen MR) is 146 cm³/mol. The molecular formula is C29H40N4O4. The number of piperidine rings is 1. The Morgan fingerprint density at radius 1 is 1.11 bits per heavy atom. The third-order valence-corrected chi connectivity index (χ3v) is 6.42. The molecule has 2 rings (SSSR count). The number of hydrogen-bond acceptors (Lipinski definition) is 5. The smallest absolute Gasteiger partial charge is 0.289 e. The minimum Gasteiger partial charge on any atom is -0.381 e. The van der Waals surface area contributed by atoms with E-state index in [4.69, 9.17) is 0 Å². The van der Waals surface area contributed by atoms with Gasteiger partial charge >= 0.3 is 0 Å². The van der Waals surface area contributed by atoms with E-state index in [1.807, 2.05) is 55.4 Å². The summed E-state index contributed by atoms with van der Waals surface area (Å²) in [5.41, 5.74) is 1.92. The molecule has 1 aromatic carbocycles. The summed E-state index contributed by atoms with van der Waals surface area (Å²) < 4.78 is 0. The van der Waals surface area contributed by atoms with E-state index in [0.29, 0.717) is 38.9 Å². The van der Waals surface area contributed by atoms with Gasteiger partial charge in [-0.1, -0.05) is 56.8 Å². The van der Waals surface area contributed by atoms with E-state index in [0.717, 1.165) is 11.3 Å². The van der Waals surface area contributed by atoms with E-state index in [-0.39, 0.29) is 23.7 Å². The van der Waals surface area contributed by atoms with E-state index >= 15 is 0 Å². The van der Waals surface area contributed by atoms with Gasteiger partial charge in [0.2, 0.25) is 17.6 Å². The number of nitrogens with one attached hydrogen (secondary N) is 2. The van der Waals surface area contributed by atoms with Crippen molar-refractivity contribution < 1.29 is 19.2 Å². The number of amides is 3. The molecule has 0 radical (unpaired) electrons. The zero-order valence-corrected chi connectivity index (χ0v) is 22.4. The maximum Gasteiger partial charge on any atom is 0.289 e. The molecular weight excluding hydrogens is 468 g/mol. The number of carbonyl (C=O) groups excluding carboxylic acids is 4. The molecule has 2 N–H and O–H groups in total. The van der Waals surface area contributed by atoms with Crippen molar-refractivity contribution in [3.05, 3.63) is 66.4 Å². The second kappa shape index (κ2) is 14.8. The molecule has 0 bridgehead atoms. The molecule has 1 aliphatic rings. The van der Waals surface area contributed by atoms with Crippen molar-refractivity contribution in [2.24, 2.45) is 11.8 Å². The maximum atomic E-state index is 12.9. The molecule has 3 amide bonds. The second-order valence-corrected chi connectivity index (χ2v) is 9.73. The standard InChI is InChI=1S/C29H40N4O4/c1-6-10-24(32(4)5)15-18-30-29(37)27(35)26(21(2)3)31-28(36)23-16-19-33(20-17-23)25(34)14-13-22-11-8-7-9-12-22/h6-14,21,23,26H,1,15-20H2,2-5H3,(H,30,37)(H,31,36)/b14-13+,24-10-. The number of rotatable bonds is 12. The quantitative estimate of drug-likeness (QED) is 0.257. The Hall–Kier alpha value is -3.68. The zero-order chi connectivity index (χ0) is 27.4. The van der Waals surface area contributed by atoms with Crippen LogP contribution in [0.1, 0.15) is 38.7 Å². The number of ketones is 1. The Balaban J connectivity index is 1.86. The average molecular weight is 509 g/mol. The zero-order valence-electron chi connectivity index (χ0n) is 22.4. The number of Topliss-reactive ketones (excluding diaryl/α,β-unsaturated/α-hetero) is 1. The normalized spacial score (nSPS) is 15.4. The van der Waals surface area contributed by atoms with Crippen LogP contribution in [0.15, 0.2) is 60.8 Å². The molecule has 37 heavy (non-hydrogen) atoms. The third-order valence-electron chi connectivity index (χ3n) is 6.42. The van der Waals surface area contributed by atoms with Crippen LogP contribution in [-0.2, 0) is 19.2 Å². The molecule has 1 aromatic rings. The minimum atomic E-state index is -0.905. The molecule has 1 fully saturated rings. The van der Waals surface area contributed by atoms with Gasteiger partial charge in [0.05, 0.1) is 6.04 Å². The highest BCUT2D eigenvalue weighted by Crippen LogP contribution is 2.19. The molecule has 0 aromatic heterocycles. The Bertz CT molecular complexity index is 1010. The van der Waals surface area contributed by atoms with Gasteiger partial charge in [-0.15, -0.1) is 0 Å². The van der Waals surface area contributed by atoms with E-state index in [9.17, 15) is 19.2 Å². The molecule has 8 heteroatoms. The fourth-order valence-corrected chi connectivity index (χ4v) is 4.13. The summed E-state index contributed by atoms with van der Waals surface area (Å²) in [5.74, 6) is -2.26. The van der Waals surface area contributed by atoms with Crippen molar-refractivity contribution in [2.45, 2.75) is 39.2 Å². The van der Waals surface area contributed by atoms with Crippen LogP contribution in [0.2, 0.25) is 0 Å². The van der Waals surface area contributed by atoms with Gasteiger partial charge in [0.1, 0.15) is 0 Å². The van der Waals surface area contributed by atoms with Crippen LogP contribution in [0.3, 0.4) is 0 Å². The topological polar surface area (TPSA) is 98.8 Å². The fraction of sp³-hybridized carbons (Fsp3) is 0.448. The lowest BCUT2D eigenvalue weighted by Crippen LogP contribution is -2.52. The predicted octanol–water partition coefficient (Wildman–Crippen LogP) is 2.79. The lowest BCUT2D eigenvalue weighted by Gasteiger charge is -2.32. The Morgan fingerprint density at radius 2 is 1.76 bits per heavy atom. The number of benzene rings is 1. The molecule has 8 nitrogen and oxygen atoms in total. The van der Waals surface area contributed by atoms with Crippen LogP contribution in [0, 0.1) is 11.8 Å². The van der Waals surface area contributed by atoms with Crippen molar-refractivity contribution in [3.8, 4) is 0 Å². The maximum absolute atomic E-state index is 12.9. The molecule has 0 aliphatic carbocycles. The molecule has 1 heterocycles. The van der Waals surface area contributed by atoms with Gasteiger partial charge in [0.25, 0.3) is 5.91 Å². The number of allylic oxidation sites excluding steroid dienone is 2. The molecule has 1 atom stereocenters.